The number of carbonyl (C=O) groups excluding carboxylic acids is 1. The zero-order valence-electron chi connectivity index (χ0n) is 33.8. The van der Waals surface area contributed by atoms with Crippen LogP contribution in [0.4, 0.5) is 27.5 Å². The Morgan fingerprint density at radius 1 is 0.614 bits per heavy atom. The number of aromatic nitrogens is 2. The summed E-state index contributed by atoms with van der Waals surface area (Å²) >= 11 is 0. The van der Waals surface area contributed by atoms with Gasteiger partial charge in [0.2, 0.25) is 0 Å². The highest BCUT2D eigenvalue weighted by Crippen LogP contribution is 2.29. The van der Waals surface area contributed by atoms with Gasteiger partial charge in [0.15, 0.2) is 0 Å². The Kier molecular flexibility index (Phi) is 11.9. The zero-order valence-corrected chi connectivity index (χ0v) is 33.8. The number of piperazine rings is 2. The molecule has 2 saturated heterocycles. The van der Waals surface area contributed by atoms with Crippen LogP contribution < -0.4 is 20.0 Å². The third kappa shape index (κ3) is 9.22. The number of aryl methyl sites for hydroxylation is 2. The zero-order chi connectivity index (χ0) is 39.1. The summed E-state index contributed by atoms with van der Waals surface area (Å²) in [6, 6.07) is 38.4. The molecular formula is C48H56N8O. The molecule has 2 amide bonds. The lowest BCUT2D eigenvalue weighted by Gasteiger charge is -2.36. The fraction of sp³-hybridized carbons (Fsp3) is 0.354. The molecule has 6 aromatic rings. The molecule has 2 aromatic heterocycles. The molecule has 0 radical (unpaired) electrons. The summed E-state index contributed by atoms with van der Waals surface area (Å²) in [5.74, 6) is 0. The number of urea groups is 1. The quantitative estimate of drug-likeness (QED) is 0.134. The molecular weight excluding hydrogens is 705 g/mol. The monoisotopic (exact) mass is 760 g/mol. The maximum Gasteiger partial charge on any atom is 0.326 e. The molecule has 0 spiro atoms. The van der Waals surface area contributed by atoms with Gasteiger partial charge in [-0.3, -0.25) is 24.7 Å². The van der Waals surface area contributed by atoms with Gasteiger partial charge in [-0.1, -0.05) is 43.3 Å². The van der Waals surface area contributed by atoms with E-state index in [-0.39, 0.29) is 6.03 Å². The molecule has 2 aliphatic rings. The third-order valence-electron chi connectivity index (χ3n) is 11.6. The molecule has 4 aromatic carbocycles. The Morgan fingerprint density at radius 3 is 1.67 bits per heavy atom. The van der Waals surface area contributed by atoms with Crippen molar-refractivity contribution < 1.29 is 4.79 Å². The Hall–Kier alpha value is -5.51. The number of nitrogens with zero attached hydrogens (tertiary/aromatic N) is 7. The van der Waals surface area contributed by atoms with Gasteiger partial charge in [0.05, 0.1) is 11.0 Å². The number of carbonyl (C=O) groups is 1. The minimum Gasteiger partial charge on any atom is -0.368 e. The number of pyridine rings is 2. The molecule has 0 saturated carbocycles. The van der Waals surface area contributed by atoms with Crippen LogP contribution in [0.15, 0.2) is 109 Å². The van der Waals surface area contributed by atoms with Gasteiger partial charge >= 0.3 is 6.03 Å². The van der Waals surface area contributed by atoms with E-state index in [0.29, 0.717) is 6.54 Å². The molecule has 0 bridgehead atoms. The van der Waals surface area contributed by atoms with Crippen molar-refractivity contribution in [3.63, 3.8) is 0 Å². The number of fused-ring (bicyclic) bond motifs is 2. The van der Waals surface area contributed by atoms with E-state index in [2.05, 4.69) is 135 Å². The first-order valence-corrected chi connectivity index (χ1v) is 20.8. The predicted octanol–water partition coefficient (Wildman–Crippen LogP) is 8.58. The van der Waals surface area contributed by atoms with Gasteiger partial charge in [0.1, 0.15) is 0 Å². The van der Waals surface area contributed by atoms with E-state index in [1.54, 1.807) is 0 Å². The fourth-order valence-corrected chi connectivity index (χ4v) is 8.48. The van der Waals surface area contributed by atoms with Crippen LogP contribution in [0.5, 0.6) is 0 Å². The van der Waals surface area contributed by atoms with E-state index < -0.39 is 0 Å². The molecule has 8 rings (SSSR count). The lowest BCUT2D eigenvalue weighted by Crippen LogP contribution is -2.47. The molecule has 0 aliphatic carbocycles. The van der Waals surface area contributed by atoms with Gasteiger partial charge in [-0.05, 0) is 117 Å². The van der Waals surface area contributed by atoms with E-state index in [4.69, 9.17) is 9.97 Å². The highest BCUT2D eigenvalue weighted by Gasteiger charge is 2.21. The Labute approximate surface area is 337 Å². The van der Waals surface area contributed by atoms with E-state index in [0.717, 1.165) is 119 Å². The fourth-order valence-electron chi connectivity index (χ4n) is 8.48. The smallest absolute Gasteiger partial charge is 0.326 e. The lowest BCUT2D eigenvalue weighted by atomic mass is 10.1. The highest BCUT2D eigenvalue weighted by molar-refractivity contribution is 6.02. The number of hydrogen-bond acceptors (Lipinski definition) is 7. The minimum absolute atomic E-state index is 0.0870. The van der Waals surface area contributed by atoms with Crippen molar-refractivity contribution in [1.82, 2.24) is 19.8 Å². The molecule has 0 unspecified atom stereocenters. The van der Waals surface area contributed by atoms with Crippen molar-refractivity contribution in [2.45, 2.75) is 40.0 Å². The summed E-state index contributed by atoms with van der Waals surface area (Å²) in [7, 11) is 0. The molecule has 0 atom stereocenters. The van der Waals surface area contributed by atoms with E-state index in [1.165, 1.54) is 33.3 Å². The second-order valence-electron chi connectivity index (χ2n) is 15.7. The van der Waals surface area contributed by atoms with Crippen LogP contribution in [0.25, 0.3) is 21.8 Å². The number of amides is 2. The minimum atomic E-state index is -0.0870. The summed E-state index contributed by atoms with van der Waals surface area (Å²) in [4.78, 5) is 35.3. The van der Waals surface area contributed by atoms with E-state index in [1.807, 2.05) is 24.8 Å². The molecule has 294 valence electrons. The third-order valence-corrected chi connectivity index (χ3v) is 11.6. The summed E-state index contributed by atoms with van der Waals surface area (Å²) in [6.07, 6.45) is 2.76. The van der Waals surface area contributed by atoms with Crippen LogP contribution in [-0.2, 0) is 12.8 Å². The van der Waals surface area contributed by atoms with Crippen LogP contribution in [-0.4, -0.2) is 97.8 Å². The van der Waals surface area contributed by atoms with Gasteiger partial charge in [0.25, 0.3) is 0 Å². The summed E-state index contributed by atoms with van der Waals surface area (Å²) in [5.41, 5.74) is 11.1. The maximum atomic E-state index is 13.8. The van der Waals surface area contributed by atoms with Crippen LogP contribution in [0.3, 0.4) is 0 Å². The van der Waals surface area contributed by atoms with Gasteiger partial charge in [-0.25, -0.2) is 4.79 Å². The molecule has 4 heterocycles. The summed E-state index contributed by atoms with van der Waals surface area (Å²) < 4.78 is 0. The van der Waals surface area contributed by atoms with E-state index >= 15 is 0 Å². The Balaban J connectivity index is 0.821. The number of rotatable bonds is 12. The van der Waals surface area contributed by atoms with Crippen molar-refractivity contribution in [3.8, 4) is 0 Å². The maximum absolute atomic E-state index is 13.8. The normalized spacial score (nSPS) is 15.4. The molecule has 9 heteroatoms. The van der Waals surface area contributed by atoms with Gasteiger partial charge in [-0.15, -0.1) is 0 Å². The van der Waals surface area contributed by atoms with Crippen molar-refractivity contribution in [3.05, 3.63) is 132 Å². The first kappa shape index (κ1) is 38.4. The van der Waals surface area contributed by atoms with Gasteiger partial charge in [0, 0.05) is 117 Å². The number of hydrogen-bond donors (Lipinski definition) is 1. The van der Waals surface area contributed by atoms with Crippen molar-refractivity contribution in [2.24, 2.45) is 0 Å². The number of benzene rings is 4. The molecule has 57 heavy (non-hydrogen) atoms. The molecule has 2 fully saturated rings. The van der Waals surface area contributed by atoms with Gasteiger partial charge in [-0.2, -0.15) is 0 Å². The van der Waals surface area contributed by atoms with Crippen molar-refractivity contribution >= 4 is 50.6 Å². The largest absolute Gasteiger partial charge is 0.368 e. The van der Waals surface area contributed by atoms with Crippen LogP contribution >= 0.6 is 0 Å². The Morgan fingerprint density at radius 2 is 1.12 bits per heavy atom. The second-order valence-corrected chi connectivity index (χ2v) is 15.7. The molecule has 9 nitrogen and oxygen atoms in total. The van der Waals surface area contributed by atoms with Crippen molar-refractivity contribution in [1.29, 1.82) is 0 Å². The predicted molar refractivity (Wildman–Crippen MR) is 237 cm³/mol. The highest BCUT2D eigenvalue weighted by atomic mass is 16.2. The van der Waals surface area contributed by atoms with Crippen LogP contribution in [0.2, 0.25) is 0 Å². The Bertz CT molecular complexity index is 2310. The standard InChI is InChI=1S/C48H56N8O/c1-4-23-56(41-12-6-10-39(35-41)22-25-53-28-32-55(33-29-53)47-16-8-14-45-43(47)20-18-37(3)50-45)48(57)51-40-11-5-9-38(34-40)21-24-52-26-30-54(31-27-52)46-15-7-13-44-42(46)19-17-36(2)49-44/h5-20,34-35H,4,21-33H2,1-3H3,(H,51,57). The van der Waals surface area contributed by atoms with Crippen molar-refractivity contribution in [2.75, 3.05) is 92.0 Å². The average Bonchev–Trinajstić information content (AvgIpc) is 3.24. The van der Waals surface area contributed by atoms with Gasteiger partial charge < -0.3 is 15.1 Å². The summed E-state index contributed by atoms with van der Waals surface area (Å²) in [6.45, 7) is 17.0. The second kappa shape index (κ2) is 17.7. The van der Waals surface area contributed by atoms with E-state index in [9.17, 15) is 4.79 Å². The topological polar surface area (TPSA) is 71.1 Å². The lowest BCUT2D eigenvalue weighted by molar-refractivity contribution is 0.257. The summed E-state index contributed by atoms with van der Waals surface area (Å²) in [5, 5.41) is 5.68. The first-order chi connectivity index (χ1) is 27.9. The number of anilines is 4. The van der Waals surface area contributed by atoms with Crippen LogP contribution in [0, 0.1) is 13.8 Å². The average molecular weight is 761 g/mol. The SMILES string of the molecule is CCCN(C(=O)Nc1cccc(CCN2CCN(c3cccc4nc(C)ccc34)CC2)c1)c1cccc(CCN2CCN(c3cccc4nc(C)ccc34)CC2)c1. The first-order valence-electron chi connectivity index (χ1n) is 20.8. The molecule has 1 N–H and O–H groups in total. The van der Waals surface area contributed by atoms with Crippen LogP contribution in [0.1, 0.15) is 35.9 Å². The number of nitrogens with one attached hydrogen (secondary N) is 1. The molecule has 2 aliphatic heterocycles.